The molecule has 0 amide bonds. The van der Waals surface area contributed by atoms with Crippen LogP contribution in [-0.2, 0) is 17.6 Å². The average molecular weight is 500 g/mol. The summed E-state index contributed by atoms with van der Waals surface area (Å²) in [6, 6.07) is 4.04. The van der Waals surface area contributed by atoms with Crippen LogP contribution in [0.25, 0.3) is 0 Å². The van der Waals surface area contributed by atoms with E-state index in [1.807, 2.05) is 11.4 Å². The lowest BCUT2D eigenvalue weighted by atomic mass is 10.2. The van der Waals surface area contributed by atoms with Crippen molar-refractivity contribution in [1.82, 2.24) is 0 Å². The third kappa shape index (κ3) is 7.50. The predicted molar refractivity (Wildman–Crippen MR) is 112 cm³/mol. The second-order valence-electron chi connectivity index (χ2n) is 6.67. The van der Waals surface area contributed by atoms with Crippen LogP contribution in [0.3, 0.4) is 0 Å². The minimum Gasteiger partial charge on any atom is -0.412 e. The van der Waals surface area contributed by atoms with Gasteiger partial charge in [0.2, 0.25) is 0 Å². The van der Waals surface area contributed by atoms with Gasteiger partial charge in [-0.05, 0) is 62.1 Å². The molecule has 2 heterocycles. The zero-order chi connectivity index (χ0) is 17.7. The van der Waals surface area contributed by atoms with Crippen molar-refractivity contribution >= 4 is 62.9 Å². The van der Waals surface area contributed by atoms with Crippen LogP contribution in [0, 0.1) is 0 Å². The van der Waals surface area contributed by atoms with Gasteiger partial charge in [0.15, 0.2) is 8.32 Å². The molecule has 0 radical (unpaired) electrons. The summed E-state index contributed by atoms with van der Waals surface area (Å²) in [6.07, 6.45) is 0. The maximum absolute atomic E-state index is 8.54. The summed E-state index contributed by atoms with van der Waals surface area (Å²) in [5, 5.41) is 12.9. The maximum Gasteiger partial charge on any atom is 0.192 e. The zero-order valence-electron chi connectivity index (χ0n) is 14.2. The molecule has 2 aromatic heterocycles. The Labute approximate surface area is 165 Å². The highest BCUT2D eigenvalue weighted by Gasteiger charge is 2.37. The third-order valence-electron chi connectivity index (χ3n) is 3.78. The third-order valence-corrected chi connectivity index (χ3v) is 11.6. The summed E-state index contributed by atoms with van der Waals surface area (Å²) in [5.74, 6) is 0. The van der Waals surface area contributed by atoms with Crippen molar-refractivity contribution in [2.24, 2.45) is 0 Å². The molecule has 0 saturated carbocycles. The second-order valence-corrected chi connectivity index (χ2v) is 15.3. The summed E-state index contributed by atoms with van der Waals surface area (Å²) in [7, 11) is -1.59. The van der Waals surface area contributed by atoms with Gasteiger partial charge < -0.3 is 9.53 Å². The van der Waals surface area contributed by atoms with Crippen LogP contribution in [0.4, 0.5) is 0 Å². The Morgan fingerprint density at radius 2 is 1.52 bits per heavy atom. The van der Waals surface area contributed by atoms with Crippen molar-refractivity contribution < 1.29 is 9.53 Å². The molecule has 0 bridgehead atoms. The minimum atomic E-state index is -1.59. The van der Waals surface area contributed by atoms with Crippen LogP contribution in [-0.4, -0.2) is 13.4 Å². The summed E-state index contributed by atoms with van der Waals surface area (Å²) < 4.78 is 8.32. The molecule has 0 unspecified atom stereocenters. The monoisotopic (exact) mass is 498 g/mol. The number of thiophene rings is 2. The number of hydrogen-bond acceptors (Lipinski definition) is 4. The van der Waals surface area contributed by atoms with E-state index in [2.05, 4.69) is 77.2 Å². The van der Waals surface area contributed by atoms with E-state index >= 15 is 0 Å². The fourth-order valence-corrected chi connectivity index (χ4v) is 5.06. The van der Waals surface area contributed by atoms with E-state index in [0.29, 0.717) is 5.04 Å². The van der Waals surface area contributed by atoms with Crippen LogP contribution < -0.4 is 0 Å². The van der Waals surface area contributed by atoms with Gasteiger partial charge in [-0.1, -0.05) is 20.8 Å². The van der Waals surface area contributed by atoms with Gasteiger partial charge in [-0.2, -0.15) is 0 Å². The Hall–Kier alpha value is 0.497. The molecule has 0 aliphatic heterocycles. The van der Waals surface area contributed by atoms with Crippen molar-refractivity contribution in [2.45, 2.75) is 52.1 Å². The predicted octanol–water partition coefficient (Wildman–Crippen LogP) is 7.04. The van der Waals surface area contributed by atoms with Crippen molar-refractivity contribution in [2.75, 3.05) is 0 Å². The highest BCUT2D eigenvalue weighted by atomic mass is 79.9. The number of rotatable bonds is 4. The molecule has 23 heavy (non-hydrogen) atoms. The zero-order valence-corrected chi connectivity index (χ0v) is 20.0. The standard InChI is InChI=1S/C11H19BrOSSi.C5H5BrOS/c1-11(2,3)15(4,5)13-7-10-6-9(12)8-14-10;6-4-1-5(2-7)8-3-4/h6,8H,7H2,1-5H3;1,3,7H,2H2. The molecular weight excluding hydrogens is 476 g/mol. The fourth-order valence-electron chi connectivity index (χ4n) is 1.33. The van der Waals surface area contributed by atoms with E-state index in [-0.39, 0.29) is 6.61 Å². The summed E-state index contributed by atoms with van der Waals surface area (Å²) in [6.45, 7) is 12.3. The molecule has 0 spiro atoms. The Bertz CT molecular complexity index is 603. The Morgan fingerprint density at radius 3 is 1.83 bits per heavy atom. The topological polar surface area (TPSA) is 29.5 Å². The Morgan fingerprint density at radius 1 is 1.04 bits per heavy atom. The van der Waals surface area contributed by atoms with Gasteiger partial charge in [0.05, 0.1) is 13.2 Å². The lowest BCUT2D eigenvalue weighted by Crippen LogP contribution is -2.40. The first-order valence-electron chi connectivity index (χ1n) is 7.26. The van der Waals surface area contributed by atoms with Gasteiger partial charge in [-0.15, -0.1) is 22.7 Å². The Kier molecular flexibility index (Phi) is 8.68. The van der Waals surface area contributed by atoms with E-state index < -0.39 is 8.32 Å². The molecular formula is C16H24Br2O2S2Si. The molecule has 0 aromatic carbocycles. The van der Waals surface area contributed by atoms with E-state index in [1.54, 1.807) is 22.7 Å². The van der Waals surface area contributed by atoms with E-state index in [0.717, 1.165) is 20.4 Å². The molecule has 0 fully saturated rings. The average Bonchev–Trinajstić information content (AvgIpc) is 3.04. The Balaban J connectivity index is 0.000000277. The van der Waals surface area contributed by atoms with E-state index in [1.165, 1.54) is 4.88 Å². The molecule has 0 aliphatic rings. The molecule has 0 atom stereocenters. The van der Waals surface area contributed by atoms with Crippen molar-refractivity contribution in [1.29, 1.82) is 0 Å². The van der Waals surface area contributed by atoms with E-state index in [4.69, 9.17) is 9.53 Å². The number of hydrogen-bond donors (Lipinski definition) is 1. The molecule has 2 nitrogen and oxygen atoms in total. The van der Waals surface area contributed by atoms with Crippen LogP contribution in [0.5, 0.6) is 0 Å². The second kappa shape index (κ2) is 9.27. The molecule has 7 heteroatoms. The summed E-state index contributed by atoms with van der Waals surface area (Å²) in [4.78, 5) is 2.29. The largest absolute Gasteiger partial charge is 0.412 e. The van der Waals surface area contributed by atoms with Crippen molar-refractivity contribution in [3.63, 3.8) is 0 Å². The van der Waals surface area contributed by atoms with Crippen molar-refractivity contribution in [3.05, 3.63) is 41.6 Å². The van der Waals surface area contributed by atoms with E-state index in [9.17, 15) is 0 Å². The van der Waals surface area contributed by atoms with Crippen LogP contribution in [0.15, 0.2) is 31.8 Å². The smallest absolute Gasteiger partial charge is 0.192 e. The van der Waals surface area contributed by atoms with Gasteiger partial charge in [0, 0.05) is 29.5 Å². The van der Waals surface area contributed by atoms with Gasteiger partial charge in [0.1, 0.15) is 0 Å². The SMILES string of the molecule is CC(C)(C)[Si](C)(C)OCc1cc(Br)cs1.OCc1cc(Br)cs1. The van der Waals surface area contributed by atoms with Crippen LogP contribution in [0.1, 0.15) is 30.5 Å². The maximum atomic E-state index is 8.54. The highest BCUT2D eigenvalue weighted by molar-refractivity contribution is 9.10. The quantitative estimate of drug-likeness (QED) is 0.457. The lowest BCUT2D eigenvalue weighted by Gasteiger charge is -2.36. The number of aliphatic hydroxyl groups is 1. The van der Waals surface area contributed by atoms with Gasteiger partial charge in [0.25, 0.3) is 0 Å². The first kappa shape index (κ1) is 21.5. The lowest BCUT2D eigenvalue weighted by molar-refractivity contribution is 0.279. The first-order valence-corrected chi connectivity index (χ1v) is 13.5. The molecule has 0 aliphatic carbocycles. The van der Waals surface area contributed by atoms with Crippen LogP contribution >= 0.6 is 54.5 Å². The van der Waals surface area contributed by atoms with Crippen LogP contribution in [0.2, 0.25) is 18.1 Å². The molecule has 2 aromatic rings. The molecule has 2 rings (SSSR count). The van der Waals surface area contributed by atoms with Gasteiger partial charge >= 0.3 is 0 Å². The minimum absolute atomic E-state index is 0.149. The number of aliphatic hydroxyl groups excluding tert-OH is 1. The van der Waals surface area contributed by atoms with Gasteiger partial charge in [-0.3, -0.25) is 0 Å². The van der Waals surface area contributed by atoms with Crippen molar-refractivity contribution in [3.8, 4) is 0 Å². The number of halogens is 2. The fraction of sp³-hybridized carbons (Fsp3) is 0.500. The molecule has 0 saturated heterocycles. The van der Waals surface area contributed by atoms with Gasteiger partial charge in [-0.25, -0.2) is 0 Å². The normalized spacial score (nSPS) is 12.0. The molecule has 1 N–H and O–H groups in total. The summed E-state index contributed by atoms with van der Waals surface area (Å²) in [5.41, 5.74) is 0. The molecule has 130 valence electrons. The highest BCUT2D eigenvalue weighted by Crippen LogP contribution is 2.37. The summed E-state index contributed by atoms with van der Waals surface area (Å²) >= 11 is 10.0. The first-order chi connectivity index (χ1) is 10.5.